The lowest BCUT2D eigenvalue weighted by Gasteiger charge is -2.05. The minimum atomic E-state index is -3.76. The summed E-state index contributed by atoms with van der Waals surface area (Å²) in [7, 11) is -3.76. The van der Waals surface area contributed by atoms with Crippen LogP contribution >= 0.6 is 0 Å². The number of nitrogens with one attached hydrogen (secondary N) is 1. The lowest BCUT2D eigenvalue weighted by atomic mass is 10.3. The molecule has 0 unspecified atom stereocenters. The first kappa shape index (κ1) is 11.6. The third-order valence-corrected chi connectivity index (χ3v) is 3.07. The summed E-state index contributed by atoms with van der Waals surface area (Å²) in [5.74, 6) is -0.531. The molecule has 0 bridgehead atoms. The van der Waals surface area contributed by atoms with Gasteiger partial charge in [0.05, 0.1) is 0 Å². The first-order chi connectivity index (χ1) is 6.95. The molecule has 0 fully saturated rings. The van der Waals surface area contributed by atoms with Crippen molar-refractivity contribution in [3.63, 3.8) is 0 Å². The third kappa shape index (κ3) is 3.02. The fourth-order valence-electron chi connectivity index (χ4n) is 0.955. The monoisotopic (exact) mass is 228 g/mol. The van der Waals surface area contributed by atoms with Gasteiger partial charge in [-0.15, -0.1) is 0 Å². The van der Waals surface area contributed by atoms with E-state index >= 15 is 0 Å². The van der Waals surface area contributed by atoms with Crippen LogP contribution in [0.25, 0.3) is 0 Å². The molecule has 1 aromatic rings. The summed E-state index contributed by atoms with van der Waals surface area (Å²) in [6.45, 7) is 3.31. The topological polar surface area (TPSA) is 76.1 Å². The maximum absolute atomic E-state index is 11.6. The van der Waals surface area contributed by atoms with Crippen molar-refractivity contribution in [3.8, 4) is 0 Å². The van der Waals surface area contributed by atoms with Gasteiger partial charge in [0.25, 0.3) is 10.0 Å². The number of amides is 1. The van der Waals surface area contributed by atoms with Crippen molar-refractivity contribution >= 4 is 15.9 Å². The summed E-state index contributed by atoms with van der Waals surface area (Å²) in [6.07, 6.45) is 2.87. The van der Waals surface area contributed by atoms with Crippen LogP contribution in [0.1, 0.15) is 18.9 Å². The predicted molar refractivity (Wildman–Crippen MR) is 54.6 cm³/mol. The molecule has 0 aromatic carbocycles. The van der Waals surface area contributed by atoms with E-state index in [0.29, 0.717) is 0 Å². The third-order valence-electron chi connectivity index (χ3n) is 1.73. The number of nitrogens with zero attached hydrogens (tertiary/aromatic N) is 1. The number of sulfonamides is 1. The van der Waals surface area contributed by atoms with E-state index in [0.717, 1.165) is 5.56 Å². The Labute approximate surface area is 88.6 Å². The molecule has 0 saturated heterocycles. The second-order valence-corrected chi connectivity index (χ2v) is 4.76. The Hall–Kier alpha value is -1.43. The molecule has 15 heavy (non-hydrogen) atoms. The number of hydrogen-bond donors (Lipinski definition) is 1. The number of rotatable bonds is 3. The van der Waals surface area contributed by atoms with E-state index in [4.69, 9.17) is 0 Å². The fraction of sp³-hybridized carbons (Fsp3) is 0.333. The largest absolute Gasteiger partial charge is 0.274 e. The van der Waals surface area contributed by atoms with Crippen LogP contribution in [0.5, 0.6) is 0 Å². The van der Waals surface area contributed by atoms with Crippen molar-refractivity contribution < 1.29 is 13.2 Å². The highest BCUT2D eigenvalue weighted by Crippen LogP contribution is 2.08. The van der Waals surface area contributed by atoms with Gasteiger partial charge >= 0.3 is 0 Å². The molecule has 0 saturated carbocycles. The summed E-state index contributed by atoms with van der Waals surface area (Å²) in [5, 5.41) is 0. The van der Waals surface area contributed by atoms with Crippen LogP contribution < -0.4 is 4.72 Å². The Bertz CT molecular complexity index is 468. The molecule has 0 radical (unpaired) electrons. The normalized spacial score (nSPS) is 11.1. The Morgan fingerprint density at radius 3 is 2.67 bits per heavy atom. The summed E-state index contributed by atoms with van der Waals surface area (Å²) in [4.78, 5) is 14.7. The van der Waals surface area contributed by atoms with E-state index in [1.54, 1.807) is 20.0 Å². The van der Waals surface area contributed by atoms with Crippen molar-refractivity contribution in [1.29, 1.82) is 0 Å². The SMILES string of the molecule is CCC(=O)NS(=O)(=O)c1cncc(C)c1. The summed E-state index contributed by atoms with van der Waals surface area (Å²) >= 11 is 0. The molecular weight excluding hydrogens is 216 g/mol. The summed E-state index contributed by atoms with van der Waals surface area (Å²) < 4.78 is 25.1. The lowest BCUT2D eigenvalue weighted by molar-refractivity contribution is -0.119. The van der Waals surface area contributed by atoms with Crippen LogP contribution in [0.3, 0.4) is 0 Å². The van der Waals surface area contributed by atoms with Gasteiger partial charge in [-0.05, 0) is 18.6 Å². The molecule has 1 aromatic heterocycles. The molecular formula is C9H12N2O3S. The number of aryl methyl sites for hydroxylation is 1. The number of carbonyl (C=O) groups is 1. The maximum Gasteiger partial charge on any atom is 0.265 e. The standard InChI is InChI=1S/C9H12N2O3S/c1-3-9(12)11-15(13,14)8-4-7(2)5-10-6-8/h4-6H,3H2,1-2H3,(H,11,12). The van der Waals surface area contributed by atoms with Gasteiger partial charge in [-0.1, -0.05) is 6.92 Å². The fourth-order valence-corrected chi connectivity index (χ4v) is 2.06. The zero-order valence-electron chi connectivity index (χ0n) is 8.52. The van der Waals surface area contributed by atoms with E-state index in [9.17, 15) is 13.2 Å². The summed E-state index contributed by atoms with van der Waals surface area (Å²) in [5.41, 5.74) is 0.724. The van der Waals surface area contributed by atoms with E-state index in [-0.39, 0.29) is 11.3 Å². The highest BCUT2D eigenvalue weighted by atomic mass is 32.2. The van der Waals surface area contributed by atoms with Gasteiger partial charge in [-0.25, -0.2) is 13.1 Å². The molecule has 0 atom stereocenters. The van der Waals surface area contributed by atoms with Gasteiger partial charge in [0.15, 0.2) is 0 Å². The Morgan fingerprint density at radius 2 is 2.13 bits per heavy atom. The molecule has 1 N–H and O–H groups in total. The van der Waals surface area contributed by atoms with Crippen molar-refractivity contribution in [1.82, 2.24) is 9.71 Å². The molecule has 0 aliphatic carbocycles. The minimum absolute atomic E-state index is 0.00398. The van der Waals surface area contributed by atoms with Crippen LogP contribution in [-0.2, 0) is 14.8 Å². The number of carbonyl (C=O) groups excluding carboxylic acids is 1. The van der Waals surface area contributed by atoms with E-state index in [1.807, 2.05) is 4.72 Å². The average Bonchev–Trinajstić information content (AvgIpc) is 2.17. The van der Waals surface area contributed by atoms with Gasteiger partial charge in [-0.3, -0.25) is 9.78 Å². The first-order valence-electron chi connectivity index (χ1n) is 4.43. The van der Waals surface area contributed by atoms with E-state index in [2.05, 4.69) is 4.98 Å². The van der Waals surface area contributed by atoms with Crippen molar-refractivity contribution in [2.24, 2.45) is 0 Å². The Morgan fingerprint density at radius 1 is 1.47 bits per heavy atom. The molecule has 6 heteroatoms. The van der Waals surface area contributed by atoms with Crippen molar-refractivity contribution in [2.45, 2.75) is 25.2 Å². The van der Waals surface area contributed by atoms with Crippen LogP contribution in [0.2, 0.25) is 0 Å². The molecule has 0 aliphatic rings. The van der Waals surface area contributed by atoms with Crippen LogP contribution in [0, 0.1) is 6.92 Å². The zero-order chi connectivity index (χ0) is 11.5. The predicted octanol–water partition coefficient (Wildman–Crippen LogP) is 0.605. The molecule has 1 rings (SSSR count). The molecule has 5 nitrogen and oxygen atoms in total. The Balaban J connectivity index is 3.01. The highest BCUT2D eigenvalue weighted by Gasteiger charge is 2.16. The number of hydrogen-bond acceptors (Lipinski definition) is 4. The maximum atomic E-state index is 11.6. The number of pyridine rings is 1. The van der Waals surface area contributed by atoms with Crippen LogP contribution in [0.15, 0.2) is 23.4 Å². The van der Waals surface area contributed by atoms with Gasteiger partial charge in [0.1, 0.15) is 4.90 Å². The Kier molecular flexibility index (Phi) is 3.41. The molecule has 1 amide bonds. The second-order valence-electron chi connectivity index (χ2n) is 3.08. The van der Waals surface area contributed by atoms with Crippen LogP contribution in [0.4, 0.5) is 0 Å². The van der Waals surface area contributed by atoms with E-state index in [1.165, 1.54) is 12.3 Å². The van der Waals surface area contributed by atoms with Gasteiger partial charge in [-0.2, -0.15) is 0 Å². The average molecular weight is 228 g/mol. The van der Waals surface area contributed by atoms with Gasteiger partial charge in [0, 0.05) is 18.8 Å². The van der Waals surface area contributed by atoms with Gasteiger partial charge in [0.2, 0.25) is 5.91 Å². The first-order valence-corrected chi connectivity index (χ1v) is 5.91. The number of aromatic nitrogens is 1. The van der Waals surface area contributed by atoms with E-state index < -0.39 is 15.9 Å². The second kappa shape index (κ2) is 4.39. The molecule has 0 aliphatic heterocycles. The molecule has 0 spiro atoms. The molecule has 1 heterocycles. The highest BCUT2D eigenvalue weighted by molar-refractivity contribution is 7.90. The van der Waals surface area contributed by atoms with Crippen molar-refractivity contribution in [2.75, 3.05) is 0 Å². The van der Waals surface area contributed by atoms with Gasteiger partial charge < -0.3 is 0 Å². The lowest BCUT2D eigenvalue weighted by Crippen LogP contribution is -2.29. The van der Waals surface area contributed by atoms with Crippen LogP contribution in [-0.4, -0.2) is 19.3 Å². The quantitative estimate of drug-likeness (QED) is 0.822. The zero-order valence-corrected chi connectivity index (χ0v) is 9.34. The smallest absolute Gasteiger partial charge is 0.265 e. The minimum Gasteiger partial charge on any atom is -0.274 e. The van der Waals surface area contributed by atoms with Crippen molar-refractivity contribution in [3.05, 3.63) is 24.0 Å². The summed E-state index contributed by atoms with van der Waals surface area (Å²) in [6, 6.07) is 1.46. The molecule has 82 valence electrons.